The van der Waals surface area contributed by atoms with Gasteiger partial charge < -0.3 is 0 Å². The average Bonchev–Trinajstić information content (AvgIpc) is 2.78. The molecule has 0 atom stereocenters. The van der Waals surface area contributed by atoms with E-state index in [0.717, 1.165) is 0 Å². The summed E-state index contributed by atoms with van der Waals surface area (Å²) in [5.74, 6) is 0.926. The van der Waals surface area contributed by atoms with E-state index in [-0.39, 0.29) is 0 Å². The third kappa shape index (κ3) is 12.3. The second-order valence-corrected chi connectivity index (χ2v) is 14.3. The molecule has 0 unspecified atom stereocenters. The zero-order valence-electron chi connectivity index (χ0n) is 8.96. The van der Waals surface area contributed by atoms with Gasteiger partial charge in [-0.1, -0.05) is 13.8 Å². The second-order valence-electron chi connectivity index (χ2n) is 3.02. The molecule has 0 radical (unpaired) electrons. The van der Waals surface area contributed by atoms with Crippen LogP contribution in [-0.4, -0.2) is 38.1 Å². The summed E-state index contributed by atoms with van der Waals surface area (Å²) in [6, 6.07) is 0. The predicted molar refractivity (Wildman–Crippen MR) is 75.6 cm³/mol. The van der Waals surface area contributed by atoms with Gasteiger partial charge in [0.1, 0.15) is 0 Å². The normalized spacial score (nSPS) is 16.8. The van der Waals surface area contributed by atoms with E-state index in [1.54, 1.807) is 24.9 Å². The topological polar surface area (TPSA) is 49.4 Å². The van der Waals surface area contributed by atoms with E-state index < -0.39 is 13.2 Å². The van der Waals surface area contributed by atoms with Crippen molar-refractivity contribution in [3.8, 4) is 0 Å². The molecule has 0 aromatic heterocycles. The predicted octanol–water partition coefficient (Wildman–Crippen LogP) is 3.07. The Morgan fingerprint density at radius 1 is 0.750 bits per heavy atom. The first-order valence-corrected chi connectivity index (χ1v) is 14.1. The summed E-state index contributed by atoms with van der Waals surface area (Å²) in [6.45, 7) is 4.08. The Bertz CT molecular complexity index is 238. The SMILES string of the molecule is CC1C=NN=C1.CC1C=NN=C1.[Cl][Ga]([Cl])[Cl]. The molecule has 2 rings (SSSR count). The molecule has 16 heavy (non-hydrogen) atoms. The molecule has 8 heteroatoms. The molecule has 0 aromatic carbocycles. The van der Waals surface area contributed by atoms with Crippen LogP contribution in [0.25, 0.3) is 0 Å². The number of hydrogen-bond acceptors (Lipinski definition) is 4. The van der Waals surface area contributed by atoms with Crippen LogP contribution in [0, 0.1) is 11.8 Å². The molecule has 0 bridgehead atoms. The van der Waals surface area contributed by atoms with Gasteiger partial charge in [0.25, 0.3) is 0 Å². The van der Waals surface area contributed by atoms with Gasteiger partial charge >= 0.3 is 42.1 Å². The van der Waals surface area contributed by atoms with Crippen molar-refractivity contribution in [2.24, 2.45) is 32.2 Å². The molecule has 0 aliphatic carbocycles. The van der Waals surface area contributed by atoms with Crippen molar-refractivity contribution >= 4 is 67.0 Å². The Balaban J connectivity index is 0.000000217. The van der Waals surface area contributed by atoms with Crippen molar-refractivity contribution in [2.75, 3.05) is 0 Å². The third-order valence-corrected chi connectivity index (χ3v) is 1.34. The van der Waals surface area contributed by atoms with Crippen molar-refractivity contribution in [3.05, 3.63) is 0 Å². The summed E-state index contributed by atoms with van der Waals surface area (Å²) in [6.07, 6.45) is 7.22. The standard InChI is InChI=1S/2C4H6N2.3ClH.Ga/c2*1-4-2-5-6-3-4;;;;/h2*2-4H,1H3;3*1H;/q;;;;;+3/p-3. The summed E-state index contributed by atoms with van der Waals surface area (Å²) >= 11 is -2.06. The molecule has 0 fully saturated rings. The van der Waals surface area contributed by atoms with E-state index in [1.807, 2.05) is 13.8 Å². The minimum absolute atomic E-state index is 0.463. The molecule has 0 spiro atoms. The molecule has 0 amide bonds. The summed E-state index contributed by atoms with van der Waals surface area (Å²) in [7, 11) is 15.0. The van der Waals surface area contributed by atoms with Crippen molar-refractivity contribution < 1.29 is 0 Å². The molecule has 88 valence electrons. The quantitative estimate of drug-likeness (QED) is 0.609. The third-order valence-electron chi connectivity index (χ3n) is 1.34. The maximum absolute atomic E-state index is 4.99. The Morgan fingerprint density at radius 2 is 0.938 bits per heavy atom. The van der Waals surface area contributed by atoms with Crippen LogP contribution in [0.4, 0.5) is 0 Å². The van der Waals surface area contributed by atoms with Gasteiger partial charge in [0, 0.05) is 36.7 Å². The van der Waals surface area contributed by atoms with Crippen molar-refractivity contribution in [2.45, 2.75) is 13.8 Å². The molecule has 2 aliphatic heterocycles. The summed E-state index contributed by atoms with van der Waals surface area (Å²) in [4.78, 5) is 0. The second kappa shape index (κ2) is 10.3. The van der Waals surface area contributed by atoms with Gasteiger partial charge in [-0.2, -0.15) is 20.4 Å². The fourth-order valence-electron chi connectivity index (χ4n) is 0.652. The van der Waals surface area contributed by atoms with Gasteiger partial charge in [-0.3, -0.25) is 0 Å². The first kappa shape index (κ1) is 16.2. The van der Waals surface area contributed by atoms with E-state index in [1.165, 1.54) is 0 Å². The Hall–Kier alpha value is 0.186. The molecule has 4 nitrogen and oxygen atoms in total. The van der Waals surface area contributed by atoms with Crippen molar-refractivity contribution in [1.29, 1.82) is 0 Å². The first-order chi connectivity index (χ1) is 7.52. The zero-order valence-corrected chi connectivity index (χ0v) is 13.7. The molecule has 0 aromatic rings. The van der Waals surface area contributed by atoms with Gasteiger partial charge in [0.05, 0.1) is 0 Å². The fraction of sp³-hybridized carbons (Fsp3) is 0.500. The molecule has 2 heterocycles. The van der Waals surface area contributed by atoms with Crippen LogP contribution < -0.4 is 0 Å². The van der Waals surface area contributed by atoms with Crippen LogP contribution in [-0.2, 0) is 0 Å². The molecular formula is C8H12Cl3GaN4. The van der Waals surface area contributed by atoms with Crippen LogP contribution in [0.1, 0.15) is 13.8 Å². The van der Waals surface area contributed by atoms with Crippen molar-refractivity contribution in [3.63, 3.8) is 0 Å². The molecule has 2 aliphatic rings. The molecule has 0 N–H and O–H groups in total. The van der Waals surface area contributed by atoms with Crippen LogP contribution in [0.3, 0.4) is 0 Å². The van der Waals surface area contributed by atoms with E-state index in [4.69, 9.17) is 28.9 Å². The number of halogens is 3. The number of nitrogens with zero attached hydrogens (tertiary/aromatic N) is 4. The zero-order chi connectivity index (χ0) is 12.4. The number of rotatable bonds is 0. The summed E-state index contributed by atoms with van der Waals surface area (Å²) in [5.41, 5.74) is 0. The molecule has 0 saturated heterocycles. The van der Waals surface area contributed by atoms with Crippen LogP contribution >= 0.6 is 28.9 Å². The van der Waals surface area contributed by atoms with Crippen molar-refractivity contribution in [1.82, 2.24) is 0 Å². The van der Waals surface area contributed by atoms with Gasteiger partial charge in [-0.05, 0) is 0 Å². The van der Waals surface area contributed by atoms with E-state index in [2.05, 4.69) is 20.4 Å². The van der Waals surface area contributed by atoms with Crippen LogP contribution in [0.15, 0.2) is 20.4 Å². The van der Waals surface area contributed by atoms with E-state index in [9.17, 15) is 0 Å². The van der Waals surface area contributed by atoms with Crippen LogP contribution in [0.2, 0.25) is 0 Å². The molecular weight excluding hydrogens is 328 g/mol. The number of hydrogen-bond donors (Lipinski definition) is 0. The van der Waals surface area contributed by atoms with Gasteiger partial charge in [0.2, 0.25) is 0 Å². The summed E-state index contributed by atoms with van der Waals surface area (Å²) in [5, 5.41) is 14.4. The first-order valence-electron chi connectivity index (χ1n) is 4.58. The van der Waals surface area contributed by atoms with E-state index >= 15 is 0 Å². The van der Waals surface area contributed by atoms with Gasteiger partial charge in [0.15, 0.2) is 0 Å². The van der Waals surface area contributed by atoms with Gasteiger partial charge in [-0.25, -0.2) is 0 Å². The molecule has 0 saturated carbocycles. The summed E-state index contributed by atoms with van der Waals surface area (Å²) < 4.78 is 0. The van der Waals surface area contributed by atoms with Gasteiger partial charge in [-0.15, -0.1) is 0 Å². The average molecular weight is 340 g/mol. The Morgan fingerprint density at radius 3 is 1.00 bits per heavy atom. The van der Waals surface area contributed by atoms with Crippen LogP contribution in [0.5, 0.6) is 0 Å². The van der Waals surface area contributed by atoms with E-state index in [0.29, 0.717) is 11.8 Å². The maximum atomic E-state index is 4.99. The monoisotopic (exact) mass is 338 g/mol. The Kier molecular flexibility index (Phi) is 10.5. The minimum atomic E-state index is -2.06. The Labute approximate surface area is 113 Å². The fourth-order valence-corrected chi connectivity index (χ4v) is 0.652.